The number of aromatic carboxylic acids is 1. The molecule has 0 saturated heterocycles. The van der Waals surface area contributed by atoms with Crippen LogP contribution >= 0.6 is 27.5 Å². The normalized spacial score (nSPS) is 11.2. The zero-order chi connectivity index (χ0) is 14.1. The largest absolute Gasteiger partial charge is 0.478 e. The summed E-state index contributed by atoms with van der Waals surface area (Å²) in [5.74, 6) is -3.83. The van der Waals surface area contributed by atoms with Gasteiger partial charge in [0, 0.05) is 4.47 Å². The molecular formula is C9H4BrClF3NO3. The molecule has 0 aliphatic carbocycles. The number of alkyl halides is 3. The monoisotopic (exact) mass is 345 g/mol. The summed E-state index contributed by atoms with van der Waals surface area (Å²) in [5.41, 5.74) is -1.17. The van der Waals surface area contributed by atoms with Gasteiger partial charge >= 0.3 is 18.1 Å². The van der Waals surface area contributed by atoms with Crippen molar-refractivity contribution in [2.75, 3.05) is 5.32 Å². The van der Waals surface area contributed by atoms with Gasteiger partial charge in [0.25, 0.3) is 0 Å². The fourth-order valence-electron chi connectivity index (χ4n) is 1.07. The molecule has 0 heterocycles. The smallest absolute Gasteiger partial charge is 0.471 e. The van der Waals surface area contributed by atoms with Crippen LogP contribution in [0.1, 0.15) is 10.4 Å². The minimum Gasteiger partial charge on any atom is -0.478 e. The molecule has 0 aliphatic heterocycles. The van der Waals surface area contributed by atoms with Crippen LogP contribution in [0.3, 0.4) is 0 Å². The topological polar surface area (TPSA) is 66.4 Å². The average molecular weight is 346 g/mol. The van der Waals surface area contributed by atoms with Crippen LogP contribution in [-0.2, 0) is 4.79 Å². The third-order valence-electron chi connectivity index (χ3n) is 1.81. The molecule has 1 amide bonds. The molecular weight excluding hydrogens is 342 g/mol. The first kappa shape index (κ1) is 14.8. The summed E-state index contributed by atoms with van der Waals surface area (Å²) < 4.78 is 36.3. The van der Waals surface area contributed by atoms with Gasteiger partial charge in [0.2, 0.25) is 0 Å². The lowest BCUT2D eigenvalue weighted by molar-refractivity contribution is -0.167. The van der Waals surface area contributed by atoms with Crippen LogP contribution in [-0.4, -0.2) is 23.2 Å². The maximum atomic E-state index is 12.1. The van der Waals surface area contributed by atoms with Crippen molar-refractivity contribution in [3.63, 3.8) is 0 Å². The Morgan fingerprint density at radius 3 is 2.33 bits per heavy atom. The molecule has 0 unspecified atom stereocenters. The third kappa shape index (κ3) is 3.14. The number of halogens is 5. The molecule has 0 radical (unpaired) electrons. The second-order valence-electron chi connectivity index (χ2n) is 3.04. The van der Waals surface area contributed by atoms with E-state index in [1.807, 2.05) is 0 Å². The number of hydrogen-bond acceptors (Lipinski definition) is 2. The molecule has 0 saturated carbocycles. The van der Waals surface area contributed by atoms with E-state index < -0.39 is 29.3 Å². The zero-order valence-corrected chi connectivity index (χ0v) is 10.7. The van der Waals surface area contributed by atoms with Crippen LogP contribution in [0.5, 0.6) is 0 Å². The van der Waals surface area contributed by atoms with Gasteiger partial charge < -0.3 is 10.4 Å². The summed E-state index contributed by atoms with van der Waals surface area (Å²) in [4.78, 5) is 21.7. The molecule has 0 spiro atoms. The van der Waals surface area contributed by atoms with Gasteiger partial charge in [-0.3, -0.25) is 4.79 Å². The molecule has 1 rings (SSSR count). The van der Waals surface area contributed by atoms with Crippen molar-refractivity contribution in [1.29, 1.82) is 0 Å². The second kappa shape index (κ2) is 5.15. The summed E-state index contributed by atoms with van der Waals surface area (Å²) in [5, 5.41) is 9.99. The minimum atomic E-state index is -5.14. The lowest BCUT2D eigenvalue weighted by Crippen LogP contribution is -2.30. The number of anilines is 1. The maximum Gasteiger partial charge on any atom is 0.471 e. The van der Waals surface area contributed by atoms with E-state index in [0.29, 0.717) is 0 Å². The Bertz CT molecular complexity index is 519. The van der Waals surface area contributed by atoms with Crippen LogP contribution in [0.25, 0.3) is 0 Å². The van der Waals surface area contributed by atoms with Gasteiger partial charge in [0.05, 0.1) is 16.3 Å². The van der Waals surface area contributed by atoms with E-state index in [1.54, 1.807) is 0 Å². The molecule has 4 nitrogen and oxygen atoms in total. The third-order valence-corrected chi connectivity index (χ3v) is 2.79. The van der Waals surface area contributed by atoms with Crippen molar-refractivity contribution in [2.45, 2.75) is 6.18 Å². The second-order valence-corrected chi connectivity index (χ2v) is 4.30. The predicted octanol–water partition coefficient (Wildman–Crippen LogP) is 3.30. The number of carboxylic acids is 1. The molecule has 2 N–H and O–H groups in total. The number of rotatable bonds is 2. The van der Waals surface area contributed by atoms with Gasteiger partial charge in [-0.15, -0.1) is 0 Å². The molecule has 9 heteroatoms. The number of nitrogens with one attached hydrogen (secondary N) is 1. The van der Waals surface area contributed by atoms with Crippen molar-refractivity contribution >= 4 is 45.1 Å². The van der Waals surface area contributed by atoms with Crippen LogP contribution in [0.15, 0.2) is 16.6 Å². The molecule has 0 atom stereocenters. The predicted molar refractivity (Wildman–Crippen MR) is 60.8 cm³/mol. The van der Waals surface area contributed by atoms with E-state index in [2.05, 4.69) is 15.9 Å². The summed E-state index contributed by atoms with van der Waals surface area (Å²) in [6.07, 6.45) is -5.14. The highest BCUT2D eigenvalue weighted by Gasteiger charge is 2.39. The lowest BCUT2D eigenvalue weighted by Gasteiger charge is -2.13. The fourth-order valence-corrected chi connectivity index (χ4v) is 1.77. The van der Waals surface area contributed by atoms with E-state index in [9.17, 15) is 22.8 Å². The molecule has 0 fully saturated rings. The standard InChI is InChI=1S/C9H4BrClF3NO3/c10-3-1-2-4(11)6(5(3)7(16)17)15-8(18)9(12,13)14/h1-2H,(H,15,18)(H,16,17). The van der Waals surface area contributed by atoms with E-state index in [-0.39, 0.29) is 9.50 Å². The Hall–Kier alpha value is -1.28. The number of carboxylic acid groups (broad SMARTS) is 1. The van der Waals surface area contributed by atoms with Gasteiger partial charge in [-0.25, -0.2) is 4.79 Å². The molecule has 1 aromatic carbocycles. The Morgan fingerprint density at radius 2 is 1.89 bits per heavy atom. The van der Waals surface area contributed by atoms with Crippen LogP contribution in [0.2, 0.25) is 5.02 Å². The van der Waals surface area contributed by atoms with E-state index in [0.717, 1.165) is 6.07 Å². The molecule has 18 heavy (non-hydrogen) atoms. The van der Waals surface area contributed by atoms with Crippen molar-refractivity contribution in [1.82, 2.24) is 0 Å². The van der Waals surface area contributed by atoms with E-state index in [1.165, 1.54) is 11.4 Å². The van der Waals surface area contributed by atoms with E-state index >= 15 is 0 Å². The van der Waals surface area contributed by atoms with Gasteiger partial charge in [-0.2, -0.15) is 13.2 Å². The molecule has 0 aromatic heterocycles. The van der Waals surface area contributed by atoms with Crippen LogP contribution in [0, 0.1) is 0 Å². The first-order valence-corrected chi connectivity index (χ1v) is 5.41. The zero-order valence-electron chi connectivity index (χ0n) is 8.31. The highest BCUT2D eigenvalue weighted by atomic mass is 79.9. The first-order chi connectivity index (χ1) is 8.14. The Labute approximate surface area is 112 Å². The quantitative estimate of drug-likeness (QED) is 0.863. The van der Waals surface area contributed by atoms with Gasteiger partial charge in [-0.1, -0.05) is 11.6 Å². The lowest BCUT2D eigenvalue weighted by atomic mass is 10.1. The molecule has 0 bridgehead atoms. The van der Waals surface area contributed by atoms with Gasteiger partial charge in [0.15, 0.2) is 0 Å². The van der Waals surface area contributed by atoms with Gasteiger partial charge in [-0.05, 0) is 28.1 Å². The summed E-state index contributed by atoms with van der Waals surface area (Å²) in [6, 6.07) is 2.40. The molecule has 1 aromatic rings. The summed E-state index contributed by atoms with van der Waals surface area (Å²) in [6.45, 7) is 0. The Kier molecular flexibility index (Phi) is 4.23. The highest BCUT2D eigenvalue weighted by Crippen LogP contribution is 2.33. The van der Waals surface area contributed by atoms with Crippen LogP contribution < -0.4 is 5.32 Å². The van der Waals surface area contributed by atoms with E-state index in [4.69, 9.17) is 16.7 Å². The number of hydrogen-bond donors (Lipinski definition) is 2. The molecule has 0 aliphatic rings. The number of benzene rings is 1. The van der Waals surface area contributed by atoms with Crippen molar-refractivity contribution < 1.29 is 27.9 Å². The Morgan fingerprint density at radius 1 is 1.33 bits per heavy atom. The maximum absolute atomic E-state index is 12.1. The summed E-state index contributed by atoms with van der Waals surface area (Å²) >= 11 is 8.42. The summed E-state index contributed by atoms with van der Waals surface area (Å²) in [7, 11) is 0. The SMILES string of the molecule is O=C(O)c1c(Br)ccc(Cl)c1NC(=O)C(F)(F)F. The van der Waals surface area contributed by atoms with Gasteiger partial charge in [0.1, 0.15) is 0 Å². The minimum absolute atomic E-state index is 0.00289. The Balaban J connectivity index is 3.28. The van der Waals surface area contributed by atoms with Crippen molar-refractivity contribution in [3.8, 4) is 0 Å². The number of carbonyl (C=O) groups excluding carboxylic acids is 1. The fraction of sp³-hybridized carbons (Fsp3) is 0.111. The first-order valence-electron chi connectivity index (χ1n) is 4.24. The highest BCUT2D eigenvalue weighted by molar-refractivity contribution is 9.10. The number of carbonyl (C=O) groups is 2. The molecule has 98 valence electrons. The number of amides is 1. The van der Waals surface area contributed by atoms with Crippen LogP contribution in [0.4, 0.5) is 18.9 Å². The van der Waals surface area contributed by atoms with Crippen molar-refractivity contribution in [3.05, 3.63) is 27.2 Å². The average Bonchev–Trinajstić information content (AvgIpc) is 2.21. The van der Waals surface area contributed by atoms with Crippen molar-refractivity contribution in [2.24, 2.45) is 0 Å².